The number of fused-ring (bicyclic) bond motifs is 1. The summed E-state index contributed by atoms with van der Waals surface area (Å²) in [5.41, 5.74) is 0. The molecule has 3 rings (SSSR count). The highest BCUT2D eigenvalue weighted by atomic mass is 16.5. The van der Waals surface area contributed by atoms with Crippen LogP contribution in [0.2, 0.25) is 0 Å². The van der Waals surface area contributed by atoms with E-state index in [2.05, 4.69) is 30.3 Å². The molecule has 0 fully saturated rings. The van der Waals surface area contributed by atoms with Gasteiger partial charge in [0.2, 0.25) is 5.91 Å². The smallest absolute Gasteiger partial charge is 0.224 e. The molecule has 2 aromatic heterocycles. The average Bonchev–Trinajstić information content (AvgIpc) is 3.15. The number of ether oxygens (including phenoxy) is 1. The van der Waals surface area contributed by atoms with Crippen LogP contribution in [-0.4, -0.2) is 59.4 Å². The first-order valence-corrected chi connectivity index (χ1v) is 7.09. The maximum Gasteiger partial charge on any atom is 0.224 e. The van der Waals surface area contributed by atoms with Crippen LogP contribution < -0.4 is 0 Å². The Morgan fingerprint density at radius 3 is 3.05 bits per heavy atom. The van der Waals surface area contributed by atoms with Gasteiger partial charge in [0.1, 0.15) is 12.9 Å². The fourth-order valence-corrected chi connectivity index (χ4v) is 2.68. The maximum atomic E-state index is 12.3. The minimum absolute atomic E-state index is 0.0601. The van der Waals surface area contributed by atoms with E-state index in [9.17, 15) is 4.79 Å². The van der Waals surface area contributed by atoms with Crippen molar-refractivity contribution >= 4 is 5.91 Å². The van der Waals surface area contributed by atoms with Crippen LogP contribution in [0.15, 0.2) is 6.33 Å². The second-order valence-corrected chi connectivity index (χ2v) is 5.28. The predicted octanol–water partition coefficient (Wildman–Crippen LogP) is -0.595. The third kappa shape index (κ3) is 2.82. The van der Waals surface area contributed by atoms with Crippen molar-refractivity contribution in [3.8, 4) is 0 Å². The van der Waals surface area contributed by atoms with Gasteiger partial charge in [-0.05, 0) is 17.4 Å². The molecule has 3 heterocycles. The Hall–Kier alpha value is -2.36. The minimum Gasteiger partial charge on any atom is -0.377 e. The molecular formula is C12H18N8O2. The van der Waals surface area contributed by atoms with Crippen molar-refractivity contribution in [1.82, 2.24) is 39.9 Å². The number of nitrogens with zero attached hydrogens (tertiary/aromatic N) is 8. The number of aromatic nitrogens is 7. The lowest BCUT2D eigenvalue weighted by molar-refractivity contribution is -0.133. The van der Waals surface area contributed by atoms with Crippen molar-refractivity contribution in [2.45, 2.75) is 39.1 Å². The fraction of sp³-hybridized carbons (Fsp3) is 0.667. The van der Waals surface area contributed by atoms with Crippen LogP contribution in [0.5, 0.6) is 0 Å². The number of hydrogen-bond acceptors (Lipinski definition) is 7. The molecule has 10 heteroatoms. The lowest BCUT2D eigenvalue weighted by atomic mass is 10.2. The van der Waals surface area contributed by atoms with E-state index in [4.69, 9.17) is 4.74 Å². The number of tetrazole rings is 1. The largest absolute Gasteiger partial charge is 0.377 e. The van der Waals surface area contributed by atoms with Crippen LogP contribution in [0, 0.1) is 0 Å². The van der Waals surface area contributed by atoms with Gasteiger partial charge in [-0.25, -0.2) is 4.68 Å². The first-order chi connectivity index (χ1) is 10.7. The molecule has 0 N–H and O–H groups in total. The summed E-state index contributed by atoms with van der Waals surface area (Å²) in [7, 11) is 1.63. The van der Waals surface area contributed by atoms with E-state index in [1.807, 2.05) is 6.92 Å². The van der Waals surface area contributed by atoms with Gasteiger partial charge in [0.05, 0.1) is 19.1 Å². The number of carbonyl (C=O) groups excluding carboxylic acids is 1. The van der Waals surface area contributed by atoms with E-state index in [1.165, 1.54) is 6.33 Å². The number of hydrogen-bond donors (Lipinski definition) is 0. The van der Waals surface area contributed by atoms with E-state index in [0.29, 0.717) is 32.7 Å². The SMILES string of the molecule is COCc1nnc2n1[C@@H](C)CN(C(=O)CCn1cnnn1)C2. The highest BCUT2D eigenvalue weighted by Crippen LogP contribution is 2.22. The molecule has 118 valence electrons. The Labute approximate surface area is 127 Å². The van der Waals surface area contributed by atoms with Gasteiger partial charge in [-0.3, -0.25) is 4.79 Å². The first kappa shape index (κ1) is 14.6. The van der Waals surface area contributed by atoms with E-state index in [-0.39, 0.29) is 11.9 Å². The van der Waals surface area contributed by atoms with E-state index in [1.54, 1.807) is 16.7 Å². The van der Waals surface area contributed by atoms with Crippen LogP contribution in [0.1, 0.15) is 31.0 Å². The molecule has 0 saturated heterocycles. The summed E-state index contributed by atoms with van der Waals surface area (Å²) in [5, 5.41) is 19.2. The van der Waals surface area contributed by atoms with E-state index < -0.39 is 0 Å². The molecular weight excluding hydrogens is 288 g/mol. The molecule has 0 bridgehead atoms. The quantitative estimate of drug-likeness (QED) is 0.726. The molecule has 0 spiro atoms. The second-order valence-electron chi connectivity index (χ2n) is 5.28. The molecule has 1 aliphatic rings. The summed E-state index contributed by atoms with van der Waals surface area (Å²) in [6.45, 7) is 4.04. The number of aryl methyl sites for hydroxylation is 1. The van der Waals surface area contributed by atoms with Crippen molar-refractivity contribution in [3.63, 3.8) is 0 Å². The number of rotatable bonds is 5. The Bertz CT molecular complexity index is 638. The average molecular weight is 306 g/mol. The number of amides is 1. The van der Waals surface area contributed by atoms with Crippen molar-refractivity contribution < 1.29 is 9.53 Å². The summed E-state index contributed by atoms with van der Waals surface area (Å²) in [5.74, 6) is 1.65. The summed E-state index contributed by atoms with van der Waals surface area (Å²) in [4.78, 5) is 14.1. The van der Waals surface area contributed by atoms with E-state index >= 15 is 0 Å². The Kier molecular flexibility index (Phi) is 4.09. The molecule has 0 aliphatic carbocycles. The number of methoxy groups -OCH3 is 1. The monoisotopic (exact) mass is 306 g/mol. The zero-order valence-electron chi connectivity index (χ0n) is 12.6. The van der Waals surface area contributed by atoms with Gasteiger partial charge >= 0.3 is 0 Å². The van der Waals surface area contributed by atoms with Crippen molar-refractivity contribution in [2.75, 3.05) is 13.7 Å². The van der Waals surface area contributed by atoms with Crippen molar-refractivity contribution in [2.24, 2.45) is 0 Å². The normalized spacial score (nSPS) is 17.5. The molecule has 0 aromatic carbocycles. The Balaban J connectivity index is 1.65. The van der Waals surface area contributed by atoms with Gasteiger partial charge in [0.15, 0.2) is 11.6 Å². The maximum absolute atomic E-state index is 12.3. The third-order valence-electron chi connectivity index (χ3n) is 3.67. The Morgan fingerprint density at radius 2 is 2.32 bits per heavy atom. The van der Waals surface area contributed by atoms with Crippen LogP contribution in [0.4, 0.5) is 0 Å². The van der Waals surface area contributed by atoms with Gasteiger partial charge in [-0.2, -0.15) is 0 Å². The van der Waals surface area contributed by atoms with Crippen LogP contribution in [0.3, 0.4) is 0 Å². The van der Waals surface area contributed by atoms with Gasteiger partial charge in [-0.15, -0.1) is 15.3 Å². The summed E-state index contributed by atoms with van der Waals surface area (Å²) in [6, 6.07) is 0.126. The van der Waals surface area contributed by atoms with Crippen LogP contribution >= 0.6 is 0 Å². The van der Waals surface area contributed by atoms with Gasteiger partial charge in [0.25, 0.3) is 0 Å². The fourth-order valence-electron chi connectivity index (χ4n) is 2.68. The summed E-state index contributed by atoms with van der Waals surface area (Å²) in [6.07, 6.45) is 1.86. The van der Waals surface area contributed by atoms with Gasteiger partial charge < -0.3 is 14.2 Å². The predicted molar refractivity (Wildman–Crippen MR) is 73.3 cm³/mol. The van der Waals surface area contributed by atoms with E-state index in [0.717, 1.165) is 11.6 Å². The first-order valence-electron chi connectivity index (χ1n) is 7.09. The zero-order chi connectivity index (χ0) is 15.5. The standard InChI is InChI=1S/C12H18N8O2/c1-9-5-18(12(21)3-4-19-8-13-16-17-19)6-10-14-15-11(7-22-2)20(9)10/h8-9H,3-7H2,1-2H3/t9-/m0/s1. The van der Waals surface area contributed by atoms with Gasteiger partial charge in [0, 0.05) is 20.1 Å². The van der Waals surface area contributed by atoms with Crippen molar-refractivity contribution in [1.29, 1.82) is 0 Å². The molecule has 2 aromatic rings. The number of carbonyl (C=O) groups is 1. The third-order valence-corrected chi connectivity index (χ3v) is 3.67. The Morgan fingerprint density at radius 1 is 1.45 bits per heavy atom. The van der Waals surface area contributed by atoms with Crippen LogP contribution in [-0.2, 0) is 29.2 Å². The van der Waals surface area contributed by atoms with Gasteiger partial charge in [-0.1, -0.05) is 0 Å². The highest BCUT2D eigenvalue weighted by Gasteiger charge is 2.28. The lowest BCUT2D eigenvalue weighted by Gasteiger charge is -2.32. The highest BCUT2D eigenvalue weighted by molar-refractivity contribution is 5.76. The minimum atomic E-state index is 0.0601. The topological polar surface area (TPSA) is 104 Å². The van der Waals surface area contributed by atoms with Crippen molar-refractivity contribution in [3.05, 3.63) is 18.0 Å². The molecule has 22 heavy (non-hydrogen) atoms. The molecule has 10 nitrogen and oxygen atoms in total. The lowest BCUT2D eigenvalue weighted by Crippen LogP contribution is -2.41. The molecule has 0 unspecified atom stereocenters. The zero-order valence-corrected chi connectivity index (χ0v) is 12.6. The molecule has 1 atom stereocenters. The second kappa shape index (κ2) is 6.18. The summed E-state index contributed by atoms with van der Waals surface area (Å²) < 4.78 is 8.73. The molecule has 1 aliphatic heterocycles. The molecule has 0 saturated carbocycles. The summed E-state index contributed by atoms with van der Waals surface area (Å²) >= 11 is 0. The molecule has 0 radical (unpaired) electrons. The molecule has 1 amide bonds. The van der Waals surface area contributed by atoms with Crippen LogP contribution in [0.25, 0.3) is 0 Å².